The van der Waals surface area contributed by atoms with Crippen LogP contribution in [0.5, 0.6) is 0 Å². The van der Waals surface area contributed by atoms with Crippen LogP contribution < -0.4 is 27.6 Å². The first kappa shape index (κ1) is 31.1. The highest BCUT2D eigenvalue weighted by molar-refractivity contribution is 7.46. The number of hydrogen-bond donors (Lipinski definition) is 7. The molecule has 3 aromatic rings. The van der Waals surface area contributed by atoms with Crippen molar-refractivity contribution in [3.8, 4) is 0 Å². The minimum absolute atomic E-state index is 0.0317. The van der Waals surface area contributed by atoms with Crippen LogP contribution >= 0.6 is 7.82 Å². The van der Waals surface area contributed by atoms with E-state index in [9.17, 15) is 33.5 Å². The summed E-state index contributed by atoms with van der Waals surface area (Å²) in [5.41, 5.74) is 8.12. The minimum Gasteiger partial charge on any atom is -0.446 e. The fourth-order valence-electron chi connectivity index (χ4n) is 3.86. The fourth-order valence-corrected chi connectivity index (χ4v) is 4.42. The van der Waals surface area contributed by atoms with Crippen LogP contribution in [0.4, 0.5) is 4.79 Å². The number of ether oxygens (including phenoxy) is 1. The number of primary amides is 1. The molecule has 0 fully saturated rings. The van der Waals surface area contributed by atoms with E-state index >= 15 is 0 Å². The first-order valence-electron chi connectivity index (χ1n) is 12.1. The number of benzene rings is 2. The Labute approximate surface area is 233 Å². The van der Waals surface area contributed by atoms with Gasteiger partial charge < -0.3 is 30.9 Å². The molecule has 0 spiro atoms. The van der Waals surface area contributed by atoms with Crippen LogP contribution in [0.3, 0.4) is 0 Å². The van der Waals surface area contributed by atoms with Gasteiger partial charge in [0.1, 0.15) is 24.4 Å². The van der Waals surface area contributed by atoms with E-state index in [0.29, 0.717) is 11.1 Å². The third-order valence-electron chi connectivity index (χ3n) is 5.70. The number of amides is 4. The summed E-state index contributed by atoms with van der Waals surface area (Å²) in [6.07, 6.45) is -3.40. The zero-order chi connectivity index (χ0) is 30.0. The molecule has 1 heterocycles. The van der Waals surface area contributed by atoms with Crippen molar-refractivity contribution in [3.05, 3.63) is 78.0 Å². The van der Waals surface area contributed by atoms with Gasteiger partial charge in [-0.25, -0.2) is 20.2 Å². The molecule has 0 saturated heterocycles. The second kappa shape index (κ2) is 14.3. The first-order chi connectivity index (χ1) is 19.4. The number of aromatic nitrogens is 1. The number of nitrogens with zero attached hydrogens (tertiary/aromatic N) is 1. The Morgan fingerprint density at radius 1 is 0.951 bits per heavy atom. The van der Waals surface area contributed by atoms with Gasteiger partial charge in [0.15, 0.2) is 0 Å². The zero-order valence-electron chi connectivity index (χ0n) is 21.5. The van der Waals surface area contributed by atoms with Crippen LogP contribution in [-0.4, -0.2) is 63.4 Å². The molecule has 3 rings (SSSR count). The molecule has 2 aromatic carbocycles. The fraction of sp³-hybridized carbons (Fsp3) is 0.240. The highest BCUT2D eigenvalue weighted by Gasteiger charge is 2.34. The van der Waals surface area contributed by atoms with Gasteiger partial charge in [-0.05, 0) is 24.1 Å². The summed E-state index contributed by atoms with van der Waals surface area (Å²) in [4.78, 5) is 72.9. The van der Waals surface area contributed by atoms with Gasteiger partial charge in [0.05, 0.1) is 18.0 Å². The predicted molar refractivity (Wildman–Crippen MR) is 144 cm³/mol. The van der Waals surface area contributed by atoms with E-state index < -0.39 is 62.9 Å². The number of nitrogens with two attached hydrogens (primary N) is 2. The first-order valence-corrected chi connectivity index (χ1v) is 13.6. The molecule has 3 atom stereocenters. The second-order valence-electron chi connectivity index (χ2n) is 8.77. The minimum atomic E-state index is -5.17. The molecule has 9 N–H and O–H groups in total. The molecule has 0 unspecified atom stereocenters. The van der Waals surface area contributed by atoms with Crippen LogP contribution in [0.1, 0.15) is 22.5 Å². The van der Waals surface area contributed by atoms with Crippen molar-refractivity contribution in [2.75, 3.05) is 6.61 Å². The van der Waals surface area contributed by atoms with E-state index in [1.165, 1.54) is 6.07 Å². The SMILES string of the molecule is NNC(=O)OC[C@@H](OP(=O)(O)O)[C@H](Cc1ccccc1)NC(=O)[C@H](CC(N)=O)NC(=O)c1ccc2ccccc2n1. The number of phosphoric acid groups is 1. The summed E-state index contributed by atoms with van der Waals surface area (Å²) < 4.78 is 21.4. The number of para-hydroxylation sites is 1. The third-order valence-corrected chi connectivity index (χ3v) is 6.25. The molecule has 1 aromatic heterocycles. The molecule has 0 radical (unpaired) electrons. The van der Waals surface area contributed by atoms with E-state index in [1.54, 1.807) is 66.1 Å². The van der Waals surface area contributed by atoms with Crippen molar-refractivity contribution in [1.29, 1.82) is 0 Å². The molecule has 0 saturated carbocycles. The summed E-state index contributed by atoms with van der Waals surface area (Å²) in [7, 11) is -5.17. The molecule has 4 amide bonds. The van der Waals surface area contributed by atoms with Crippen molar-refractivity contribution in [2.45, 2.75) is 31.0 Å². The number of fused-ring (bicyclic) bond motifs is 1. The van der Waals surface area contributed by atoms with Gasteiger partial charge in [0.25, 0.3) is 5.91 Å². The summed E-state index contributed by atoms with van der Waals surface area (Å²) in [5.74, 6) is 2.38. The largest absolute Gasteiger partial charge is 0.470 e. The lowest BCUT2D eigenvalue weighted by Gasteiger charge is -2.29. The molecule has 41 heavy (non-hydrogen) atoms. The van der Waals surface area contributed by atoms with E-state index in [-0.39, 0.29) is 12.1 Å². The summed E-state index contributed by atoms with van der Waals surface area (Å²) >= 11 is 0. The number of phosphoric ester groups is 1. The lowest BCUT2D eigenvalue weighted by atomic mass is 10.0. The molecule has 0 aliphatic carbocycles. The van der Waals surface area contributed by atoms with Gasteiger partial charge in [0.2, 0.25) is 11.8 Å². The molecule has 0 bridgehead atoms. The van der Waals surface area contributed by atoms with Crippen molar-refractivity contribution in [2.24, 2.45) is 11.6 Å². The smallest absolute Gasteiger partial charge is 0.446 e. The number of carbonyl (C=O) groups is 4. The second-order valence-corrected chi connectivity index (χ2v) is 9.96. The van der Waals surface area contributed by atoms with Gasteiger partial charge in [-0.15, -0.1) is 0 Å². The molecule has 0 aliphatic rings. The Hall–Kier alpha value is -4.40. The van der Waals surface area contributed by atoms with Gasteiger partial charge in [-0.1, -0.05) is 54.6 Å². The third kappa shape index (κ3) is 9.94. The lowest BCUT2D eigenvalue weighted by Crippen LogP contribution is -2.55. The Bertz CT molecular complexity index is 1440. The average molecular weight is 589 g/mol. The predicted octanol–water partition coefficient (Wildman–Crippen LogP) is 0.0139. The standard InChI is InChI=1S/C25H29N6O9P/c26-22(32)13-20(30-23(33)18-11-10-16-8-4-5-9-17(16)28-18)24(34)29-19(12-15-6-2-1-3-7-15)21(40-41(36,37)38)14-39-25(35)31-27/h1-11,19-21H,12-14,27H2,(H2,26,32)(H,29,34)(H,30,33)(H,31,35)(H2,36,37,38)/t19-,20-,21+/m0/s1. The van der Waals surface area contributed by atoms with Gasteiger partial charge >= 0.3 is 13.9 Å². The highest BCUT2D eigenvalue weighted by atomic mass is 31.2. The Kier molecular flexibility index (Phi) is 10.9. The summed E-state index contributed by atoms with van der Waals surface area (Å²) in [6, 6.07) is 15.9. The topological polar surface area (TPSA) is 245 Å². The maximum atomic E-state index is 13.4. The molecule has 16 heteroatoms. The van der Waals surface area contributed by atoms with E-state index in [2.05, 4.69) is 15.6 Å². The van der Waals surface area contributed by atoms with Crippen molar-refractivity contribution in [1.82, 2.24) is 21.0 Å². The highest BCUT2D eigenvalue weighted by Crippen LogP contribution is 2.38. The van der Waals surface area contributed by atoms with Crippen LogP contribution in [0.15, 0.2) is 66.7 Å². The number of carbonyl (C=O) groups excluding carboxylic acids is 4. The maximum Gasteiger partial charge on any atom is 0.470 e. The Balaban J connectivity index is 1.87. The summed E-state index contributed by atoms with van der Waals surface area (Å²) in [6.45, 7) is -0.736. The Morgan fingerprint density at radius 3 is 2.29 bits per heavy atom. The molecular formula is C25H29N6O9P. The number of nitrogens with one attached hydrogen (secondary N) is 3. The maximum absolute atomic E-state index is 13.4. The summed E-state index contributed by atoms with van der Waals surface area (Å²) in [5, 5.41) is 5.73. The molecule has 15 nitrogen and oxygen atoms in total. The number of rotatable bonds is 13. The molecular weight excluding hydrogens is 559 g/mol. The van der Waals surface area contributed by atoms with E-state index in [1.807, 2.05) is 0 Å². The van der Waals surface area contributed by atoms with Crippen molar-refractivity contribution < 1.29 is 42.8 Å². The zero-order valence-corrected chi connectivity index (χ0v) is 22.4. The van der Waals surface area contributed by atoms with Crippen molar-refractivity contribution in [3.63, 3.8) is 0 Å². The van der Waals surface area contributed by atoms with E-state index in [0.717, 1.165) is 5.39 Å². The number of hydrogen-bond acceptors (Lipinski definition) is 9. The average Bonchev–Trinajstić information content (AvgIpc) is 2.93. The van der Waals surface area contributed by atoms with Gasteiger partial charge in [-0.3, -0.25) is 24.3 Å². The normalized spacial score (nSPS) is 13.4. The Morgan fingerprint density at radius 2 is 1.63 bits per heavy atom. The number of hydrazine groups is 1. The van der Waals surface area contributed by atoms with E-state index in [4.69, 9.17) is 20.8 Å². The molecule has 0 aliphatic heterocycles. The quantitative estimate of drug-likeness (QED) is 0.0607. The molecule has 218 valence electrons. The van der Waals surface area contributed by atoms with Crippen LogP contribution in [0, 0.1) is 0 Å². The lowest BCUT2D eigenvalue weighted by molar-refractivity contribution is -0.128. The van der Waals surface area contributed by atoms with Crippen LogP contribution in [-0.2, 0) is 29.8 Å². The number of pyridine rings is 1. The van der Waals surface area contributed by atoms with Gasteiger partial charge in [0, 0.05) is 5.39 Å². The van der Waals surface area contributed by atoms with Crippen LogP contribution in [0.2, 0.25) is 0 Å². The van der Waals surface area contributed by atoms with Crippen LogP contribution in [0.25, 0.3) is 10.9 Å². The monoisotopic (exact) mass is 588 g/mol. The van der Waals surface area contributed by atoms with Crippen molar-refractivity contribution >= 4 is 42.5 Å². The van der Waals surface area contributed by atoms with Gasteiger partial charge in [-0.2, -0.15) is 0 Å².